The molecule has 0 aliphatic carbocycles. The van der Waals surface area contributed by atoms with E-state index in [9.17, 15) is 13.2 Å². The third-order valence-electron chi connectivity index (χ3n) is 1.84. The van der Waals surface area contributed by atoms with Gasteiger partial charge in [-0.05, 0) is 30.2 Å². The van der Waals surface area contributed by atoms with E-state index in [0.717, 1.165) is 0 Å². The van der Waals surface area contributed by atoms with Crippen LogP contribution in [0.3, 0.4) is 0 Å². The van der Waals surface area contributed by atoms with Crippen molar-refractivity contribution in [1.29, 1.82) is 0 Å². The normalized spacial score (nSPS) is 14.1. The Morgan fingerprint density at radius 1 is 1.36 bits per heavy atom. The Morgan fingerprint density at radius 3 is 2.36 bits per heavy atom. The lowest BCUT2D eigenvalue weighted by Crippen LogP contribution is -2.20. The highest BCUT2D eigenvalue weighted by molar-refractivity contribution is 9.10. The molecule has 1 atom stereocenters. The molecule has 0 aliphatic heterocycles. The molecule has 0 bridgehead atoms. The first kappa shape index (κ1) is 11.5. The topological polar surface area (TPSA) is 20.2 Å². The molecule has 0 aromatic heterocycles. The zero-order valence-electron chi connectivity index (χ0n) is 7.27. The molecule has 0 heterocycles. The van der Waals surface area contributed by atoms with Gasteiger partial charge >= 0.3 is 6.18 Å². The van der Waals surface area contributed by atoms with Gasteiger partial charge in [0.25, 0.3) is 0 Å². The van der Waals surface area contributed by atoms with Crippen LogP contribution in [0.15, 0.2) is 22.7 Å². The second kappa shape index (κ2) is 3.90. The first-order valence-corrected chi connectivity index (χ1v) is 4.62. The van der Waals surface area contributed by atoms with Crippen molar-refractivity contribution in [2.45, 2.75) is 19.2 Å². The average molecular weight is 269 g/mol. The van der Waals surface area contributed by atoms with Gasteiger partial charge in [0.2, 0.25) is 0 Å². The van der Waals surface area contributed by atoms with Crippen LogP contribution in [0, 0.1) is 6.92 Å². The summed E-state index contributed by atoms with van der Waals surface area (Å²) in [5.41, 5.74) is 0.296. The number of aryl methyl sites for hydroxylation is 1. The summed E-state index contributed by atoms with van der Waals surface area (Å²) in [5, 5.41) is 8.99. The number of halogens is 4. The Kier molecular flexibility index (Phi) is 3.21. The minimum absolute atomic E-state index is 0.110. The number of alkyl halides is 3. The first-order chi connectivity index (χ1) is 6.32. The van der Waals surface area contributed by atoms with Crippen molar-refractivity contribution >= 4 is 15.9 Å². The molecule has 1 nitrogen and oxygen atoms in total. The maximum absolute atomic E-state index is 12.2. The van der Waals surface area contributed by atoms with Crippen LogP contribution < -0.4 is 0 Å². The van der Waals surface area contributed by atoms with Crippen LogP contribution in [0.2, 0.25) is 0 Å². The van der Waals surface area contributed by atoms with E-state index < -0.39 is 12.3 Å². The minimum Gasteiger partial charge on any atom is -0.379 e. The lowest BCUT2D eigenvalue weighted by Gasteiger charge is -2.16. The molecule has 0 unspecified atom stereocenters. The molecule has 14 heavy (non-hydrogen) atoms. The molecule has 0 saturated heterocycles. The summed E-state index contributed by atoms with van der Waals surface area (Å²) in [4.78, 5) is 0. The van der Waals surface area contributed by atoms with E-state index >= 15 is 0 Å². The summed E-state index contributed by atoms with van der Waals surface area (Å²) in [6.45, 7) is 1.52. The SMILES string of the molecule is Cc1cc(Br)ccc1[C@H](O)C(F)(F)F. The van der Waals surface area contributed by atoms with E-state index in [1.165, 1.54) is 25.1 Å². The fraction of sp³-hybridized carbons (Fsp3) is 0.333. The van der Waals surface area contributed by atoms with E-state index in [0.29, 0.717) is 10.0 Å². The lowest BCUT2D eigenvalue weighted by molar-refractivity contribution is -0.206. The largest absolute Gasteiger partial charge is 0.418 e. The van der Waals surface area contributed by atoms with E-state index in [1.807, 2.05) is 0 Å². The summed E-state index contributed by atoms with van der Waals surface area (Å²) in [5.74, 6) is 0. The van der Waals surface area contributed by atoms with Gasteiger partial charge in [-0.15, -0.1) is 0 Å². The second-order valence-electron chi connectivity index (χ2n) is 2.95. The molecule has 1 rings (SSSR count). The third-order valence-corrected chi connectivity index (χ3v) is 2.33. The Labute approximate surface area is 87.7 Å². The van der Waals surface area contributed by atoms with Gasteiger partial charge in [0.05, 0.1) is 0 Å². The Bertz CT molecular complexity index is 335. The Balaban J connectivity index is 3.08. The Hall–Kier alpha value is -0.550. The molecular weight excluding hydrogens is 261 g/mol. The van der Waals surface area contributed by atoms with Crippen molar-refractivity contribution in [3.63, 3.8) is 0 Å². The summed E-state index contributed by atoms with van der Waals surface area (Å²) in [6, 6.07) is 4.26. The lowest BCUT2D eigenvalue weighted by atomic mass is 10.0. The summed E-state index contributed by atoms with van der Waals surface area (Å²) in [7, 11) is 0. The smallest absolute Gasteiger partial charge is 0.379 e. The molecule has 1 N–H and O–H groups in total. The minimum atomic E-state index is -4.61. The highest BCUT2D eigenvalue weighted by atomic mass is 79.9. The van der Waals surface area contributed by atoms with Gasteiger partial charge < -0.3 is 5.11 Å². The molecule has 1 aromatic rings. The molecule has 78 valence electrons. The molecule has 0 fully saturated rings. The van der Waals surface area contributed by atoms with E-state index in [2.05, 4.69) is 15.9 Å². The summed E-state index contributed by atoms with van der Waals surface area (Å²) in [6.07, 6.45) is -7.02. The monoisotopic (exact) mass is 268 g/mol. The molecule has 0 amide bonds. The molecule has 1 aromatic carbocycles. The van der Waals surface area contributed by atoms with Crippen molar-refractivity contribution < 1.29 is 18.3 Å². The van der Waals surface area contributed by atoms with Gasteiger partial charge in [0.15, 0.2) is 6.10 Å². The fourth-order valence-electron chi connectivity index (χ4n) is 1.12. The predicted molar refractivity (Wildman–Crippen MR) is 49.9 cm³/mol. The quantitative estimate of drug-likeness (QED) is 0.828. The average Bonchev–Trinajstić information content (AvgIpc) is 2.01. The van der Waals surface area contributed by atoms with E-state index in [1.54, 1.807) is 0 Å². The van der Waals surface area contributed by atoms with Crippen LogP contribution in [-0.4, -0.2) is 11.3 Å². The van der Waals surface area contributed by atoms with Gasteiger partial charge in [-0.1, -0.05) is 22.0 Å². The summed E-state index contributed by atoms with van der Waals surface area (Å²) < 4.78 is 37.1. The van der Waals surface area contributed by atoms with Crippen LogP contribution in [0.25, 0.3) is 0 Å². The van der Waals surface area contributed by atoms with E-state index in [-0.39, 0.29) is 5.56 Å². The number of benzene rings is 1. The second-order valence-corrected chi connectivity index (χ2v) is 3.86. The van der Waals surface area contributed by atoms with Crippen LogP contribution in [0.5, 0.6) is 0 Å². The highest BCUT2D eigenvalue weighted by Gasteiger charge is 2.39. The van der Waals surface area contributed by atoms with Crippen LogP contribution in [0.1, 0.15) is 17.2 Å². The van der Waals surface area contributed by atoms with Crippen LogP contribution >= 0.6 is 15.9 Å². The molecule has 0 radical (unpaired) electrons. The predicted octanol–water partition coefficient (Wildman–Crippen LogP) is 3.35. The number of rotatable bonds is 1. The van der Waals surface area contributed by atoms with Crippen molar-refractivity contribution in [2.75, 3.05) is 0 Å². The third kappa shape index (κ3) is 2.48. The maximum atomic E-state index is 12.2. The molecule has 0 aliphatic rings. The van der Waals surface area contributed by atoms with Crippen molar-refractivity contribution in [3.8, 4) is 0 Å². The van der Waals surface area contributed by atoms with Crippen molar-refractivity contribution in [2.24, 2.45) is 0 Å². The van der Waals surface area contributed by atoms with Gasteiger partial charge in [0, 0.05) is 4.47 Å². The van der Waals surface area contributed by atoms with Gasteiger partial charge in [-0.2, -0.15) is 13.2 Å². The number of hydrogen-bond donors (Lipinski definition) is 1. The molecule has 0 spiro atoms. The van der Waals surface area contributed by atoms with Crippen molar-refractivity contribution in [3.05, 3.63) is 33.8 Å². The standard InChI is InChI=1S/C9H8BrF3O/c1-5-4-6(10)2-3-7(5)8(14)9(11,12)13/h2-4,8,14H,1H3/t8-/m0/s1. The fourth-order valence-corrected chi connectivity index (χ4v) is 1.60. The Morgan fingerprint density at radius 2 is 1.93 bits per heavy atom. The zero-order chi connectivity index (χ0) is 10.9. The number of aliphatic hydroxyl groups excluding tert-OH is 1. The van der Waals surface area contributed by atoms with Crippen LogP contribution in [0.4, 0.5) is 13.2 Å². The maximum Gasteiger partial charge on any atom is 0.418 e. The highest BCUT2D eigenvalue weighted by Crippen LogP contribution is 2.34. The molecular formula is C9H8BrF3O. The zero-order valence-corrected chi connectivity index (χ0v) is 8.85. The van der Waals surface area contributed by atoms with E-state index in [4.69, 9.17) is 5.11 Å². The number of aliphatic hydroxyl groups is 1. The van der Waals surface area contributed by atoms with Gasteiger partial charge in [-0.3, -0.25) is 0 Å². The summed E-state index contributed by atoms with van der Waals surface area (Å²) >= 11 is 3.13. The van der Waals surface area contributed by atoms with Crippen LogP contribution in [-0.2, 0) is 0 Å². The van der Waals surface area contributed by atoms with Crippen molar-refractivity contribution in [1.82, 2.24) is 0 Å². The number of hydrogen-bond acceptors (Lipinski definition) is 1. The molecule has 5 heteroatoms. The van der Waals surface area contributed by atoms with Gasteiger partial charge in [-0.25, -0.2) is 0 Å². The first-order valence-electron chi connectivity index (χ1n) is 3.83. The molecule has 0 saturated carbocycles. The van der Waals surface area contributed by atoms with Gasteiger partial charge in [0.1, 0.15) is 0 Å².